The van der Waals surface area contributed by atoms with E-state index in [1.54, 1.807) is 0 Å². The van der Waals surface area contributed by atoms with Gasteiger partial charge in [0.05, 0.1) is 0 Å². The van der Waals surface area contributed by atoms with Gasteiger partial charge < -0.3 is 9.88 Å². The van der Waals surface area contributed by atoms with Gasteiger partial charge in [-0.25, -0.2) is 0 Å². The van der Waals surface area contributed by atoms with Crippen molar-refractivity contribution >= 4 is 11.6 Å². The number of aromatic nitrogens is 1. The smallest absolute Gasteiger partial charge is 0.255 e. The normalized spacial score (nSPS) is 10.3. The van der Waals surface area contributed by atoms with Crippen LogP contribution in [0.4, 0.5) is 5.69 Å². The van der Waals surface area contributed by atoms with Crippen molar-refractivity contribution in [2.75, 3.05) is 5.32 Å². The van der Waals surface area contributed by atoms with Crippen LogP contribution < -0.4 is 5.32 Å². The average Bonchev–Trinajstić information content (AvgIpc) is 3.02. The van der Waals surface area contributed by atoms with Crippen LogP contribution in [0.25, 0.3) is 5.69 Å². The molecule has 3 nitrogen and oxygen atoms in total. The third-order valence-corrected chi connectivity index (χ3v) is 3.42. The maximum Gasteiger partial charge on any atom is 0.255 e. The van der Waals surface area contributed by atoms with Gasteiger partial charge in [-0.15, -0.1) is 0 Å². The quantitative estimate of drug-likeness (QED) is 0.769. The van der Waals surface area contributed by atoms with Crippen molar-refractivity contribution in [3.63, 3.8) is 0 Å². The van der Waals surface area contributed by atoms with E-state index in [1.165, 1.54) is 0 Å². The van der Waals surface area contributed by atoms with Crippen molar-refractivity contribution in [2.45, 2.75) is 6.92 Å². The van der Waals surface area contributed by atoms with Gasteiger partial charge in [-0.2, -0.15) is 0 Å². The van der Waals surface area contributed by atoms with E-state index in [1.807, 2.05) is 84.5 Å². The molecule has 21 heavy (non-hydrogen) atoms. The Morgan fingerprint density at radius 1 is 0.905 bits per heavy atom. The zero-order valence-electron chi connectivity index (χ0n) is 11.8. The third kappa shape index (κ3) is 2.87. The van der Waals surface area contributed by atoms with E-state index in [0.717, 1.165) is 16.9 Å². The molecule has 0 radical (unpaired) electrons. The molecule has 0 saturated carbocycles. The van der Waals surface area contributed by atoms with Gasteiger partial charge in [0.2, 0.25) is 0 Å². The number of amides is 1. The zero-order valence-corrected chi connectivity index (χ0v) is 11.8. The maximum atomic E-state index is 12.2. The molecule has 1 N–H and O–H groups in total. The summed E-state index contributed by atoms with van der Waals surface area (Å²) in [7, 11) is 0. The number of hydrogen-bond acceptors (Lipinski definition) is 1. The van der Waals surface area contributed by atoms with Crippen LogP contribution in [0.15, 0.2) is 73.1 Å². The van der Waals surface area contributed by atoms with Gasteiger partial charge in [-0.1, -0.05) is 18.2 Å². The van der Waals surface area contributed by atoms with Crippen molar-refractivity contribution in [2.24, 2.45) is 0 Å². The molecule has 1 heterocycles. The van der Waals surface area contributed by atoms with Gasteiger partial charge in [-0.3, -0.25) is 4.79 Å². The Hall–Kier alpha value is -2.81. The highest BCUT2D eigenvalue weighted by atomic mass is 16.1. The summed E-state index contributed by atoms with van der Waals surface area (Å²) in [5.41, 5.74) is 3.53. The van der Waals surface area contributed by atoms with Crippen molar-refractivity contribution in [1.29, 1.82) is 0 Å². The van der Waals surface area contributed by atoms with E-state index in [2.05, 4.69) is 5.32 Å². The molecule has 0 saturated heterocycles. The molecule has 0 fully saturated rings. The maximum absolute atomic E-state index is 12.2. The second-order valence-corrected chi connectivity index (χ2v) is 4.91. The van der Waals surface area contributed by atoms with Crippen LogP contribution in [0.2, 0.25) is 0 Å². The second-order valence-electron chi connectivity index (χ2n) is 4.91. The lowest BCUT2D eigenvalue weighted by molar-refractivity contribution is 0.102. The first-order chi connectivity index (χ1) is 10.2. The van der Waals surface area contributed by atoms with Gasteiger partial charge in [0.1, 0.15) is 0 Å². The summed E-state index contributed by atoms with van der Waals surface area (Å²) in [6.07, 6.45) is 3.97. The summed E-state index contributed by atoms with van der Waals surface area (Å²) in [4.78, 5) is 12.2. The number of hydrogen-bond donors (Lipinski definition) is 1. The molecule has 0 aliphatic heterocycles. The fourth-order valence-corrected chi connectivity index (χ4v) is 2.25. The molecule has 1 amide bonds. The number of anilines is 1. The molecule has 3 rings (SSSR count). The molecule has 3 heteroatoms. The number of rotatable bonds is 3. The lowest BCUT2D eigenvalue weighted by Crippen LogP contribution is -2.13. The van der Waals surface area contributed by atoms with Crippen LogP contribution in [-0.4, -0.2) is 10.5 Å². The molecule has 0 bridgehead atoms. The van der Waals surface area contributed by atoms with Crippen molar-refractivity contribution in [3.05, 3.63) is 84.2 Å². The first kappa shape index (κ1) is 13.2. The predicted molar refractivity (Wildman–Crippen MR) is 84.9 cm³/mol. The van der Waals surface area contributed by atoms with Crippen LogP contribution in [0.1, 0.15) is 15.9 Å². The van der Waals surface area contributed by atoms with E-state index in [9.17, 15) is 4.79 Å². The van der Waals surface area contributed by atoms with Crippen molar-refractivity contribution < 1.29 is 4.79 Å². The van der Waals surface area contributed by atoms with Gasteiger partial charge in [-0.05, 0) is 55.0 Å². The monoisotopic (exact) mass is 276 g/mol. The van der Waals surface area contributed by atoms with E-state index in [4.69, 9.17) is 0 Å². The second kappa shape index (κ2) is 5.67. The summed E-state index contributed by atoms with van der Waals surface area (Å²) in [6, 6.07) is 19.3. The van der Waals surface area contributed by atoms with E-state index in [0.29, 0.717) is 5.56 Å². The number of benzene rings is 2. The van der Waals surface area contributed by atoms with Crippen LogP contribution in [0, 0.1) is 6.92 Å². The SMILES string of the molecule is Cc1ccccc1C(=O)Nc1ccc(-n2cccc2)cc1. The van der Waals surface area contributed by atoms with Crippen LogP contribution in [-0.2, 0) is 0 Å². The minimum absolute atomic E-state index is 0.0817. The minimum atomic E-state index is -0.0817. The summed E-state index contributed by atoms with van der Waals surface area (Å²) >= 11 is 0. The average molecular weight is 276 g/mol. The molecule has 2 aromatic carbocycles. The molecule has 0 aliphatic carbocycles. The van der Waals surface area contributed by atoms with Crippen LogP contribution in [0.5, 0.6) is 0 Å². The molecule has 0 spiro atoms. The molecule has 3 aromatic rings. The first-order valence-corrected chi connectivity index (χ1v) is 6.84. The predicted octanol–water partition coefficient (Wildman–Crippen LogP) is 4.04. The Kier molecular flexibility index (Phi) is 3.56. The van der Waals surface area contributed by atoms with Crippen LogP contribution in [0.3, 0.4) is 0 Å². The zero-order chi connectivity index (χ0) is 14.7. The standard InChI is InChI=1S/C18H16N2O/c1-14-6-2-3-7-17(14)18(21)19-15-8-10-16(11-9-15)20-12-4-5-13-20/h2-13H,1H3,(H,19,21). The lowest BCUT2D eigenvalue weighted by Gasteiger charge is -2.09. The Morgan fingerprint density at radius 3 is 2.24 bits per heavy atom. The highest BCUT2D eigenvalue weighted by molar-refractivity contribution is 6.05. The number of aryl methyl sites for hydroxylation is 1. The fraction of sp³-hybridized carbons (Fsp3) is 0.0556. The van der Waals surface area contributed by atoms with Crippen LogP contribution >= 0.6 is 0 Å². The van der Waals surface area contributed by atoms with Gasteiger partial charge in [0, 0.05) is 29.3 Å². The number of carbonyl (C=O) groups excluding carboxylic acids is 1. The molecule has 0 aliphatic rings. The van der Waals surface area contributed by atoms with Crippen molar-refractivity contribution in [1.82, 2.24) is 4.57 Å². The molecule has 1 aromatic heterocycles. The van der Waals surface area contributed by atoms with Gasteiger partial charge in [0.15, 0.2) is 0 Å². The molecular formula is C18H16N2O. The Morgan fingerprint density at radius 2 is 1.57 bits per heavy atom. The third-order valence-electron chi connectivity index (χ3n) is 3.42. The Bertz CT molecular complexity index is 743. The van der Waals surface area contributed by atoms with Gasteiger partial charge in [0.25, 0.3) is 5.91 Å². The molecular weight excluding hydrogens is 260 g/mol. The summed E-state index contributed by atoms with van der Waals surface area (Å²) in [5, 5.41) is 2.92. The minimum Gasteiger partial charge on any atom is -0.324 e. The highest BCUT2D eigenvalue weighted by Crippen LogP contribution is 2.15. The largest absolute Gasteiger partial charge is 0.324 e. The van der Waals surface area contributed by atoms with Crippen molar-refractivity contribution in [3.8, 4) is 5.69 Å². The first-order valence-electron chi connectivity index (χ1n) is 6.84. The summed E-state index contributed by atoms with van der Waals surface area (Å²) < 4.78 is 2.02. The summed E-state index contributed by atoms with van der Waals surface area (Å²) in [6.45, 7) is 1.93. The number of nitrogens with zero attached hydrogens (tertiary/aromatic N) is 1. The number of nitrogens with one attached hydrogen (secondary N) is 1. The summed E-state index contributed by atoms with van der Waals surface area (Å²) in [5.74, 6) is -0.0817. The Balaban J connectivity index is 1.77. The van der Waals surface area contributed by atoms with E-state index < -0.39 is 0 Å². The lowest BCUT2D eigenvalue weighted by atomic mass is 10.1. The molecule has 0 unspecified atom stereocenters. The number of carbonyl (C=O) groups is 1. The molecule has 104 valence electrons. The van der Waals surface area contributed by atoms with E-state index in [-0.39, 0.29) is 5.91 Å². The van der Waals surface area contributed by atoms with Gasteiger partial charge >= 0.3 is 0 Å². The topological polar surface area (TPSA) is 34.0 Å². The Labute approximate surface area is 123 Å². The fourth-order valence-electron chi connectivity index (χ4n) is 2.25. The highest BCUT2D eigenvalue weighted by Gasteiger charge is 2.08. The van der Waals surface area contributed by atoms with E-state index >= 15 is 0 Å². The molecule has 0 atom stereocenters.